The Hall–Kier alpha value is -1.95. The highest BCUT2D eigenvalue weighted by Gasteiger charge is 2.20. The molecule has 0 spiro atoms. The molecule has 1 aliphatic carbocycles. The smallest absolute Gasteiger partial charge is 0.165 e. The number of benzene rings is 1. The highest BCUT2D eigenvalue weighted by Crippen LogP contribution is 2.30. The second-order valence-electron chi connectivity index (χ2n) is 5.97. The van der Waals surface area contributed by atoms with Gasteiger partial charge in [-0.1, -0.05) is 43.2 Å². The van der Waals surface area contributed by atoms with Crippen molar-refractivity contribution < 1.29 is 0 Å². The fourth-order valence-corrected chi connectivity index (χ4v) is 3.32. The molecule has 2 aromatic heterocycles. The first kappa shape index (κ1) is 15.9. The highest BCUT2D eigenvalue weighted by atomic mass is 79.9. The number of rotatable bonds is 3. The summed E-state index contributed by atoms with van der Waals surface area (Å²) in [6, 6.07) is 10.7. The van der Waals surface area contributed by atoms with Gasteiger partial charge in [-0.15, -0.1) is 17.0 Å². The molecular weight excluding hydrogens is 354 g/mol. The molecule has 1 N–H and O–H groups in total. The molecule has 4 rings (SSSR count). The largest absolute Gasteiger partial charge is 0.312 e. The highest BCUT2D eigenvalue weighted by molar-refractivity contribution is 8.93. The van der Waals surface area contributed by atoms with Crippen LogP contribution in [0.2, 0.25) is 0 Å². The molecule has 5 nitrogen and oxygen atoms in total. The monoisotopic (exact) mass is 373 g/mol. The van der Waals surface area contributed by atoms with Crippen LogP contribution < -0.4 is 5.49 Å². The minimum Gasteiger partial charge on any atom is -0.312 e. The molecule has 23 heavy (non-hydrogen) atoms. The van der Waals surface area contributed by atoms with Gasteiger partial charge in [-0.25, -0.2) is 9.97 Å². The van der Waals surface area contributed by atoms with Crippen molar-refractivity contribution in [2.24, 2.45) is 0 Å². The maximum atomic E-state index is 8.42. The first-order chi connectivity index (χ1) is 10.8. The van der Waals surface area contributed by atoms with Gasteiger partial charge in [0.05, 0.1) is 19.2 Å². The van der Waals surface area contributed by atoms with Gasteiger partial charge in [-0.3, -0.25) is 5.41 Å². The zero-order valence-electron chi connectivity index (χ0n) is 12.9. The molecule has 0 saturated heterocycles. The van der Waals surface area contributed by atoms with Crippen molar-refractivity contribution in [3.8, 4) is 0 Å². The van der Waals surface area contributed by atoms with Gasteiger partial charge in [0.1, 0.15) is 5.52 Å². The van der Waals surface area contributed by atoms with E-state index in [0.717, 1.165) is 11.2 Å². The van der Waals surface area contributed by atoms with Crippen LogP contribution in [0.4, 0.5) is 0 Å². The lowest BCUT2D eigenvalue weighted by atomic mass is 10.2. The van der Waals surface area contributed by atoms with Crippen molar-refractivity contribution in [1.29, 1.82) is 5.41 Å². The maximum Gasteiger partial charge on any atom is 0.165 e. The Morgan fingerprint density at radius 1 is 1.04 bits per heavy atom. The number of nitrogens with one attached hydrogen (secondary N) is 1. The minimum atomic E-state index is 0. The van der Waals surface area contributed by atoms with Crippen LogP contribution in [-0.2, 0) is 6.54 Å². The predicted octanol–water partition coefficient (Wildman–Crippen LogP) is 3.45. The van der Waals surface area contributed by atoms with E-state index < -0.39 is 0 Å². The summed E-state index contributed by atoms with van der Waals surface area (Å²) in [6.07, 6.45) is 8.57. The van der Waals surface area contributed by atoms with E-state index in [-0.39, 0.29) is 17.0 Å². The van der Waals surface area contributed by atoms with Crippen LogP contribution in [0.3, 0.4) is 0 Å². The Balaban J connectivity index is 0.00000156. The summed E-state index contributed by atoms with van der Waals surface area (Å²) in [5.74, 6) is 0. The minimum absolute atomic E-state index is 0. The molecule has 1 aromatic carbocycles. The molecule has 0 unspecified atom stereocenters. The number of aromatic nitrogens is 4. The number of nitrogens with zero attached hydrogens (tertiary/aromatic N) is 4. The normalized spacial score (nSPS) is 15.0. The van der Waals surface area contributed by atoms with Crippen LogP contribution in [0.15, 0.2) is 43.0 Å². The van der Waals surface area contributed by atoms with E-state index in [1.165, 1.54) is 25.7 Å². The quantitative estimate of drug-likeness (QED) is 0.763. The maximum absolute atomic E-state index is 8.42. The topological polar surface area (TPSA) is 59.5 Å². The molecular formula is C17H20BrN5. The van der Waals surface area contributed by atoms with E-state index in [1.54, 1.807) is 6.33 Å². The van der Waals surface area contributed by atoms with Crippen LogP contribution in [-0.4, -0.2) is 19.1 Å². The van der Waals surface area contributed by atoms with E-state index in [1.807, 2.05) is 29.1 Å². The number of halogens is 1. The van der Waals surface area contributed by atoms with Gasteiger partial charge in [-0.05, 0) is 18.4 Å². The molecule has 0 radical (unpaired) electrons. The lowest BCUT2D eigenvalue weighted by Gasteiger charge is -2.12. The van der Waals surface area contributed by atoms with Crippen molar-refractivity contribution in [2.45, 2.75) is 38.3 Å². The molecule has 1 fully saturated rings. The van der Waals surface area contributed by atoms with Crippen molar-refractivity contribution in [2.75, 3.05) is 0 Å². The average Bonchev–Trinajstić information content (AvgIpc) is 3.20. The molecule has 0 aliphatic heterocycles. The second kappa shape index (κ2) is 6.66. The van der Waals surface area contributed by atoms with Crippen molar-refractivity contribution >= 4 is 28.1 Å². The molecule has 6 heteroatoms. The van der Waals surface area contributed by atoms with E-state index in [4.69, 9.17) is 5.41 Å². The standard InChI is InChI=1S/C17H19N5.BrH/c18-16-15-17(22(12-19-15)14-8-4-5-9-14)20-11-21(16)10-13-6-2-1-3-7-13;/h1-3,6-7,11-12,14,18H,4-5,8-10H2;1H. The van der Waals surface area contributed by atoms with Crippen molar-refractivity contribution in [3.63, 3.8) is 0 Å². The Morgan fingerprint density at radius 2 is 1.78 bits per heavy atom. The van der Waals surface area contributed by atoms with Gasteiger partial charge in [0, 0.05) is 6.04 Å². The van der Waals surface area contributed by atoms with E-state index >= 15 is 0 Å². The number of hydrogen-bond acceptors (Lipinski definition) is 3. The molecule has 2 heterocycles. The van der Waals surface area contributed by atoms with Gasteiger partial charge in [0.25, 0.3) is 0 Å². The summed E-state index contributed by atoms with van der Waals surface area (Å²) in [4.78, 5) is 9.04. The van der Waals surface area contributed by atoms with Gasteiger partial charge in [0.2, 0.25) is 0 Å². The molecule has 1 aliphatic rings. The van der Waals surface area contributed by atoms with Gasteiger partial charge < -0.3 is 9.13 Å². The first-order valence-corrected chi connectivity index (χ1v) is 7.83. The van der Waals surface area contributed by atoms with Gasteiger partial charge in [0.15, 0.2) is 11.1 Å². The van der Waals surface area contributed by atoms with Gasteiger partial charge >= 0.3 is 0 Å². The molecule has 0 bridgehead atoms. The second-order valence-corrected chi connectivity index (χ2v) is 5.97. The fraction of sp³-hybridized carbons (Fsp3) is 0.353. The molecule has 3 aromatic rings. The zero-order valence-corrected chi connectivity index (χ0v) is 14.6. The summed E-state index contributed by atoms with van der Waals surface area (Å²) in [7, 11) is 0. The van der Waals surface area contributed by atoms with Gasteiger partial charge in [-0.2, -0.15) is 0 Å². The SMILES string of the molecule is Br.N=c1c2ncn(C3CCCC3)c2ncn1Cc1ccccc1. The number of fused-ring (bicyclic) bond motifs is 1. The lowest BCUT2D eigenvalue weighted by Crippen LogP contribution is -2.22. The Kier molecular flexibility index (Phi) is 4.61. The summed E-state index contributed by atoms with van der Waals surface area (Å²) >= 11 is 0. The van der Waals surface area contributed by atoms with Crippen LogP contribution in [0.1, 0.15) is 37.3 Å². The van der Waals surface area contributed by atoms with E-state index in [9.17, 15) is 0 Å². The average molecular weight is 374 g/mol. The third-order valence-electron chi connectivity index (χ3n) is 4.51. The zero-order chi connectivity index (χ0) is 14.9. The summed E-state index contributed by atoms with van der Waals surface area (Å²) in [5, 5.41) is 8.42. The predicted molar refractivity (Wildman–Crippen MR) is 94.7 cm³/mol. The number of hydrogen-bond donors (Lipinski definition) is 1. The Labute approximate surface area is 145 Å². The first-order valence-electron chi connectivity index (χ1n) is 7.83. The Bertz CT molecular complexity index is 846. The third kappa shape index (κ3) is 2.95. The van der Waals surface area contributed by atoms with Crippen LogP contribution in [0.25, 0.3) is 11.2 Å². The fourth-order valence-electron chi connectivity index (χ4n) is 3.32. The summed E-state index contributed by atoms with van der Waals surface area (Å²) in [6.45, 7) is 0.652. The van der Waals surface area contributed by atoms with E-state index in [0.29, 0.717) is 23.6 Å². The van der Waals surface area contributed by atoms with Crippen LogP contribution >= 0.6 is 17.0 Å². The summed E-state index contributed by atoms with van der Waals surface area (Å²) in [5.41, 5.74) is 3.15. The lowest BCUT2D eigenvalue weighted by molar-refractivity contribution is 0.528. The van der Waals surface area contributed by atoms with Crippen molar-refractivity contribution in [3.05, 3.63) is 54.0 Å². The Morgan fingerprint density at radius 3 is 2.52 bits per heavy atom. The van der Waals surface area contributed by atoms with Crippen molar-refractivity contribution in [1.82, 2.24) is 19.1 Å². The third-order valence-corrected chi connectivity index (χ3v) is 4.51. The molecule has 0 atom stereocenters. The molecule has 1 saturated carbocycles. The molecule has 120 valence electrons. The van der Waals surface area contributed by atoms with Crippen LogP contribution in [0, 0.1) is 5.41 Å². The molecule has 0 amide bonds. The van der Waals surface area contributed by atoms with E-state index in [2.05, 4.69) is 26.7 Å². The summed E-state index contributed by atoms with van der Waals surface area (Å²) < 4.78 is 4.01. The number of imidazole rings is 1. The van der Waals surface area contributed by atoms with Crippen LogP contribution in [0.5, 0.6) is 0 Å².